The third-order valence-electron chi connectivity index (χ3n) is 3.30. The van der Waals surface area contributed by atoms with Gasteiger partial charge in [0.15, 0.2) is 0 Å². The van der Waals surface area contributed by atoms with Gasteiger partial charge in [-0.1, -0.05) is 18.2 Å². The van der Waals surface area contributed by atoms with Gasteiger partial charge in [0.05, 0.1) is 10.4 Å². The Morgan fingerprint density at radius 3 is 2.43 bits per heavy atom. The number of fused-ring (bicyclic) bond motifs is 1. The molecular weight excluding hydrogens is 304 g/mol. The normalized spacial score (nSPS) is 11.0. The fourth-order valence-corrected chi connectivity index (χ4v) is 4.47. The average Bonchev–Trinajstić information content (AvgIpc) is 2.97. The summed E-state index contributed by atoms with van der Waals surface area (Å²) >= 11 is 2.80. The molecule has 0 spiro atoms. The van der Waals surface area contributed by atoms with Crippen molar-refractivity contribution in [2.45, 2.75) is 13.8 Å². The summed E-state index contributed by atoms with van der Waals surface area (Å²) in [5.74, 6) is -1.25. The van der Waals surface area contributed by atoms with Crippen molar-refractivity contribution in [2.75, 3.05) is 0 Å². The molecule has 0 atom stereocenters. The van der Waals surface area contributed by atoms with Crippen molar-refractivity contribution in [3.05, 3.63) is 56.1 Å². The molecule has 0 fully saturated rings. The summed E-state index contributed by atoms with van der Waals surface area (Å²) in [6.45, 7) is 3.83. The van der Waals surface area contributed by atoms with E-state index >= 15 is 0 Å². The van der Waals surface area contributed by atoms with Gasteiger partial charge in [-0.2, -0.15) is 0 Å². The van der Waals surface area contributed by atoms with E-state index in [2.05, 4.69) is 0 Å². The molecule has 0 aliphatic carbocycles. The van der Waals surface area contributed by atoms with Crippen LogP contribution in [0.3, 0.4) is 0 Å². The van der Waals surface area contributed by atoms with Gasteiger partial charge in [0.1, 0.15) is 0 Å². The predicted molar refractivity (Wildman–Crippen MR) is 86.0 cm³/mol. The maximum absolute atomic E-state index is 12.7. The second kappa shape index (κ2) is 5.09. The van der Waals surface area contributed by atoms with Crippen LogP contribution < -0.4 is 0 Å². The second-order valence-electron chi connectivity index (χ2n) is 4.76. The van der Waals surface area contributed by atoms with Gasteiger partial charge in [-0.25, -0.2) is 4.79 Å². The number of ketones is 1. The number of carbonyl (C=O) groups excluding carboxylic acids is 1. The predicted octanol–water partition coefficient (Wildman–Crippen LogP) is 4.51. The van der Waals surface area contributed by atoms with Crippen LogP contribution in [0.15, 0.2) is 30.3 Å². The summed E-state index contributed by atoms with van der Waals surface area (Å²) in [7, 11) is 0. The van der Waals surface area contributed by atoms with Crippen LogP contribution in [0, 0.1) is 13.8 Å². The molecule has 1 N–H and O–H groups in total. The molecule has 5 heteroatoms. The Morgan fingerprint density at radius 1 is 1.10 bits per heavy atom. The first kappa shape index (κ1) is 14.0. The third-order valence-corrected chi connectivity index (χ3v) is 5.44. The van der Waals surface area contributed by atoms with E-state index in [-0.39, 0.29) is 11.3 Å². The minimum Gasteiger partial charge on any atom is -0.478 e. The average molecular weight is 316 g/mol. The van der Waals surface area contributed by atoms with Gasteiger partial charge < -0.3 is 5.11 Å². The number of carbonyl (C=O) groups is 2. The molecule has 106 valence electrons. The van der Waals surface area contributed by atoms with Crippen LogP contribution in [0.1, 0.15) is 35.3 Å². The van der Waals surface area contributed by atoms with E-state index in [9.17, 15) is 14.7 Å². The van der Waals surface area contributed by atoms with Crippen molar-refractivity contribution in [3.8, 4) is 0 Å². The topological polar surface area (TPSA) is 54.4 Å². The monoisotopic (exact) mass is 316 g/mol. The first-order valence-corrected chi connectivity index (χ1v) is 7.99. The standard InChI is InChI=1S/C16H12O3S2/c1-8-7-11(9(2)20-8)14(17)15-13(16(18)19)10-5-3-4-6-12(10)21-15/h3-7H,1-2H3,(H,18,19). The minimum atomic E-state index is -1.06. The zero-order chi connectivity index (χ0) is 15.1. The van der Waals surface area contributed by atoms with Crippen LogP contribution in [0.5, 0.6) is 0 Å². The van der Waals surface area contributed by atoms with E-state index in [1.165, 1.54) is 11.3 Å². The lowest BCUT2D eigenvalue weighted by Crippen LogP contribution is -2.06. The van der Waals surface area contributed by atoms with Crippen molar-refractivity contribution < 1.29 is 14.7 Å². The fourth-order valence-electron chi connectivity index (χ4n) is 2.40. The lowest BCUT2D eigenvalue weighted by Gasteiger charge is -1.99. The highest BCUT2D eigenvalue weighted by Crippen LogP contribution is 2.34. The lowest BCUT2D eigenvalue weighted by molar-refractivity contribution is 0.0696. The highest BCUT2D eigenvalue weighted by atomic mass is 32.1. The number of benzene rings is 1. The molecule has 3 nitrogen and oxygen atoms in total. The SMILES string of the molecule is Cc1cc(C(=O)c2sc3ccccc3c2C(=O)O)c(C)s1. The first-order valence-electron chi connectivity index (χ1n) is 6.35. The Bertz CT molecular complexity index is 871. The Kier molecular flexibility index (Phi) is 3.39. The van der Waals surface area contributed by atoms with E-state index < -0.39 is 5.97 Å². The molecule has 0 saturated carbocycles. The van der Waals surface area contributed by atoms with Gasteiger partial charge in [-0.3, -0.25) is 4.79 Å². The van der Waals surface area contributed by atoms with Gasteiger partial charge in [0, 0.05) is 25.4 Å². The summed E-state index contributed by atoms with van der Waals surface area (Å²) < 4.78 is 0.822. The summed E-state index contributed by atoms with van der Waals surface area (Å²) in [6.07, 6.45) is 0. The summed E-state index contributed by atoms with van der Waals surface area (Å²) in [5.41, 5.74) is 0.718. The number of aryl methyl sites for hydroxylation is 2. The molecule has 3 aromatic rings. The number of hydrogen-bond acceptors (Lipinski definition) is 4. The molecule has 0 bridgehead atoms. The number of aromatic carboxylic acids is 1. The van der Waals surface area contributed by atoms with Gasteiger partial charge in [0.2, 0.25) is 5.78 Å². The van der Waals surface area contributed by atoms with Crippen LogP contribution in [-0.4, -0.2) is 16.9 Å². The van der Waals surface area contributed by atoms with Crippen LogP contribution in [0.4, 0.5) is 0 Å². The summed E-state index contributed by atoms with van der Waals surface area (Å²) in [4.78, 5) is 26.6. The molecule has 3 rings (SSSR count). The number of carboxylic acid groups (broad SMARTS) is 1. The zero-order valence-corrected chi connectivity index (χ0v) is 13.1. The third kappa shape index (κ3) is 2.28. The van der Waals surface area contributed by atoms with Gasteiger partial charge >= 0.3 is 5.97 Å². The quantitative estimate of drug-likeness (QED) is 0.723. The Hall–Kier alpha value is -1.98. The van der Waals surface area contributed by atoms with Crippen LogP contribution in [0.2, 0.25) is 0 Å². The highest BCUT2D eigenvalue weighted by molar-refractivity contribution is 7.21. The van der Waals surface area contributed by atoms with Gasteiger partial charge in [0.25, 0.3) is 0 Å². The molecule has 0 radical (unpaired) electrons. The summed E-state index contributed by atoms with van der Waals surface area (Å²) in [6, 6.07) is 9.06. The van der Waals surface area contributed by atoms with Crippen molar-refractivity contribution >= 4 is 44.5 Å². The Labute approximate surface area is 129 Å². The molecule has 21 heavy (non-hydrogen) atoms. The smallest absolute Gasteiger partial charge is 0.337 e. The minimum absolute atomic E-state index is 0.115. The maximum atomic E-state index is 12.7. The van der Waals surface area contributed by atoms with Crippen LogP contribution in [-0.2, 0) is 0 Å². The van der Waals surface area contributed by atoms with E-state index in [4.69, 9.17) is 0 Å². The number of thiophene rings is 2. The Morgan fingerprint density at radius 2 is 1.81 bits per heavy atom. The molecule has 2 aromatic heterocycles. The van der Waals surface area contributed by atoms with Crippen molar-refractivity contribution in [1.29, 1.82) is 0 Å². The molecule has 1 aromatic carbocycles. The number of rotatable bonds is 3. The molecule has 0 saturated heterocycles. The maximum Gasteiger partial charge on any atom is 0.337 e. The van der Waals surface area contributed by atoms with E-state index in [0.29, 0.717) is 15.8 Å². The van der Waals surface area contributed by atoms with Crippen molar-refractivity contribution in [2.24, 2.45) is 0 Å². The summed E-state index contributed by atoms with van der Waals surface area (Å²) in [5, 5.41) is 10.1. The van der Waals surface area contributed by atoms with E-state index in [0.717, 1.165) is 14.5 Å². The lowest BCUT2D eigenvalue weighted by atomic mass is 10.0. The van der Waals surface area contributed by atoms with Crippen LogP contribution >= 0.6 is 22.7 Å². The second-order valence-corrected chi connectivity index (χ2v) is 7.28. The number of hydrogen-bond donors (Lipinski definition) is 1. The zero-order valence-electron chi connectivity index (χ0n) is 11.5. The molecule has 0 amide bonds. The fraction of sp³-hybridized carbons (Fsp3) is 0.125. The van der Waals surface area contributed by atoms with E-state index in [1.807, 2.05) is 32.0 Å². The van der Waals surface area contributed by atoms with Crippen molar-refractivity contribution in [1.82, 2.24) is 0 Å². The molecule has 0 aliphatic heterocycles. The Balaban J connectivity index is 2.24. The van der Waals surface area contributed by atoms with Gasteiger partial charge in [-0.15, -0.1) is 22.7 Å². The largest absolute Gasteiger partial charge is 0.478 e. The van der Waals surface area contributed by atoms with Crippen LogP contribution in [0.25, 0.3) is 10.1 Å². The van der Waals surface area contributed by atoms with Gasteiger partial charge in [-0.05, 0) is 26.0 Å². The van der Waals surface area contributed by atoms with E-state index in [1.54, 1.807) is 23.5 Å². The molecule has 2 heterocycles. The molecule has 0 unspecified atom stereocenters. The van der Waals surface area contributed by atoms with Crippen molar-refractivity contribution in [3.63, 3.8) is 0 Å². The molecule has 0 aliphatic rings. The highest BCUT2D eigenvalue weighted by Gasteiger charge is 2.25. The molecular formula is C16H12O3S2. The first-order chi connectivity index (χ1) is 9.99. The number of carboxylic acids is 1.